The van der Waals surface area contributed by atoms with E-state index in [2.05, 4.69) is 21.4 Å². The molecule has 7 nitrogen and oxygen atoms in total. The van der Waals surface area contributed by atoms with Gasteiger partial charge in [-0.2, -0.15) is 5.10 Å². The molecule has 1 aromatic carbocycles. The van der Waals surface area contributed by atoms with Crippen molar-refractivity contribution in [3.05, 3.63) is 66.0 Å². The van der Waals surface area contributed by atoms with Gasteiger partial charge in [0.2, 0.25) is 11.8 Å². The van der Waals surface area contributed by atoms with E-state index in [1.165, 1.54) is 5.56 Å². The highest BCUT2D eigenvalue weighted by Gasteiger charge is 2.24. The van der Waals surface area contributed by atoms with Crippen LogP contribution in [0.25, 0.3) is 5.82 Å². The first kappa shape index (κ1) is 18.2. The number of hydrogen-bond donors (Lipinski definition) is 0. The summed E-state index contributed by atoms with van der Waals surface area (Å²) in [5, 5.41) is 12.4. The SMILES string of the molecule is Cc1cccc(CC(=O)N2CCC(Oc3ccc(-n4cccn4)nn3)CC2)c1. The normalized spacial score (nSPS) is 14.8. The highest BCUT2D eigenvalue weighted by molar-refractivity contribution is 5.78. The van der Waals surface area contributed by atoms with Crippen LogP contribution in [0.4, 0.5) is 0 Å². The van der Waals surface area contributed by atoms with Crippen LogP contribution in [0.1, 0.15) is 24.0 Å². The first-order valence-corrected chi connectivity index (χ1v) is 9.51. The summed E-state index contributed by atoms with van der Waals surface area (Å²) >= 11 is 0. The van der Waals surface area contributed by atoms with Gasteiger partial charge < -0.3 is 9.64 Å². The fourth-order valence-corrected chi connectivity index (χ4v) is 3.40. The first-order valence-electron chi connectivity index (χ1n) is 9.51. The van der Waals surface area contributed by atoms with Crippen molar-refractivity contribution in [1.29, 1.82) is 0 Å². The van der Waals surface area contributed by atoms with Crippen LogP contribution < -0.4 is 4.74 Å². The van der Waals surface area contributed by atoms with E-state index in [4.69, 9.17) is 4.74 Å². The van der Waals surface area contributed by atoms with Gasteiger partial charge in [-0.25, -0.2) is 4.68 Å². The van der Waals surface area contributed by atoms with E-state index in [0.29, 0.717) is 31.2 Å². The Balaban J connectivity index is 1.27. The summed E-state index contributed by atoms with van der Waals surface area (Å²) < 4.78 is 7.60. The van der Waals surface area contributed by atoms with Crippen molar-refractivity contribution in [3.8, 4) is 11.7 Å². The van der Waals surface area contributed by atoms with Crippen LogP contribution in [0.3, 0.4) is 0 Å². The minimum atomic E-state index is 0.0490. The van der Waals surface area contributed by atoms with E-state index >= 15 is 0 Å². The molecule has 1 saturated heterocycles. The Hall–Kier alpha value is -3.22. The van der Waals surface area contributed by atoms with Gasteiger partial charge in [0.25, 0.3) is 0 Å². The summed E-state index contributed by atoms with van der Waals surface area (Å²) in [6.07, 6.45) is 5.60. The monoisotopic (exact) mass is 377 g/mol. The molecule has 0 bridgehead atoms. The molecule has 1 aliphatic rings. The van der Waals surface area contributed by atoms with Crippen LogP contribution in [0.15, 0.2) is 54.9 Å². The predicted molar refractivity (Wildman–Crippen MR) is 104 cm³/mol. The zero-order valence-electron chi connectivity index (χ0n) is 15.9. The van der Waals surface area contributed by atoms with Crippen molar-refractivity contribution >= 4 is 5.91 Å². The maximum absolute atomic E-state index is 12.5. The third-order valence-corrected chi connectivity index (χ3v) is 4.89. The molecule has 0 aliphatic carbocycles. The number of benzene rings is 1. The molecule has 1 amide bonds. The molecule has 0 N–H and O–H groups in total. The summed E-state index contributed by atoms with van der Waals surface area (Å²) in [5.74, 6) is 1.32. The second-order valence-electron chi connectivity index (χ2n) is 7.04. The molecule has 0 saturated carbocycles. The Morgan fingerprint density at radius 2 is 2.00 bits per heavy atom. The maximum atomic E-state index is 12.5. The molecule has 3 heterocycles. The van der Waals surface area contributed by atoms with Gasteiger partial charge in [0.15, 0.2) is 5.82 Å². The second kappa shape index (κ2) is 8.21. The number of aromatic nitrogens is 4. The average Bonchev–Trinajstić information content (AvgIpc) is 3.24. The summed E-state index contributed by atoms with van der Waals surface area (Å²) in [6, 6.07) is 13.6. The van der Waals surface area contributed by atoms with Crippen molar-refractivity contribution in [2.24, 2.45) is 0 Å². The van der Waals surface area contributed by atoms with E-state index in [9.17, 15) is 4.79 Å². The quantitative estimate of drug-likeness (QED) is 0.683. The number of piperidine rings is 1. The van der Waals surface area contributed by atoms with E-state index in [1.54, 1.807) is 16.9 Å². The van der Waals surface area contributed by atoms with E-state index in [1.807, 2.05) is 48.4 Å². The number of likely N-dealkylation sites (tertiary alicyclic amines) is 1. The van der Waals surface area contributed by atoms with E-state index in [-0.39, 0.29) is 12.0 Å². The molecular formula is C21H23N5O2. The average molecular weight is 377 g/mol. The zero-order chi connectivity index (χ0) is 19.3. The molecule has 2 aromatic heterocycles. The Kier molecular flexibility index (Phi) is 5.32. The van der Waals surface area contributed by atoms with Gasteiger partial charge in [-0.1, -0.05) is 29.8 Å². The molecular weight excluding hydrogens is 354 g/mol. The van der Waals surface area contributed by atoms with Crippen LogP contribution in [0.2, 0.25) is 0 Å². The van der Waals surface area contributed by atoms with Gasteiger partial charge >= 0.3 is 0 Å². The van der Waals surface area contributed by atoms with Crippen LogP contribution in [-0.4, -0.2) is 50.0 Å². The van der Waals surface area contributed by atoms with Gasteiger partial charge in [0, 0.05) is 44.4 Å². The number of carbonyl (C=O) groups is 1. The Morgan fingerprint density at radius 1 is 1.14 bits per heavy atom. The standard InChI is InChI=1S/C21H23N5O2/c1-16-4-2-5-17(14-16)15-21(27)25-12-8-18(9-13-25)28-20-7-6-19(23-24-20)26-11-3-10-22-26/h2-7,10-11,14,18H,8-9,12-13,15H2,1H3. The molecule has 144 valence electrons. The molecule has 28 heavy (non-hydrogen) atoms. The lowest BCUT2D eigenvalue weighted by molar-refractivity contribution is -0.132. The third-order valence-electron chi connectivity index (χ3n) is 4.89. The van der Waals surface area contributed by atoms with Crippen molar-refractivity contribution < 1.29 is 9.53 Å². The molecule has 0 unspecified atom stereocenters. The summed E-state index contributed by atoms with van der Waals surface area (Å²) in [4.78, 5) is 14.5. The summed E-state index contributed by atoms with van der Waals surface area (Å²) in [7, 11) is 0. The highest BCUT2D eigenvalue weighted by atomic mass is 16.5. The largest absolute Gasteiger partial charge is 0.473 e. The molecule has 0 atom stereocenters. The number of hydrogen-bond acceptors (Lipinski definition) is 5. The maximum Gasteiger partial charge on any atom is 0.233 e. The van der Waals surface area contributed by atoms with Crippen molar-refractivity contribution in [3.63, 3.8) is 0 Å². The predicted octanol–water partition coefficient (Wildman–Crippen LogP) is 2.58. The Bertz CT molecular complexity index is 916. The number of nitrogens with zero attached hydrogens (tertiary/aromatic N) is 5. The van der Waals surface area contributed by atoms with Gasteiger partial charge in [-0.3, -0.25) is 4.79 Å². The molecule has 0 radical (unpaired) electrons. The van der Waals surface area contributed by atoms with Gasteiger partial charge in [0.05, 0.1) is 6.42 Å². The minimum Gasteiger partial charge on any atom is -0.473 e. The van der Waals surface area contributed by atoms with E-state index < -0.39 is 0 Å². The first-order chi connectivity index (χ1) is 13.7. The Morgan fingerprint density at radius 3 is 2.68 bits per heavy atom. The number of aryl methyl sites for hydroxylation is 1. The molecule has 3 aromatic rings. The number of carbonyl (C=O) groups excluding carboxylic acids is 1. The van der Waals surface area contributed by atoms with Crippen molar-refractivity contribution in [2.75, 3.05) is 13.1 Å². The van der Waals surface area contributed by atoms with Gasteiger partial charge in [0.1, 0.15) is 6.10 Å². The summed E-state index contributed by atoms with van der Waals surface area (Å²) in [6.45, 7) is 3.45. The summed E-state index contributed by atoms with van der Waals surface area (Å²) in [5.41, 5.74) is 2.24. The van der Waals surface area contributed by atoms with Crippen molar-refractivity contribution in [2.45, 2.75) is 32.3 Å². The van der Waals surface area contributed by atoms with E-state index in [0.717, 1.165) is 18.4 Å². The lowest BCUT2D eigenvalue weighted by Crippen LogP contribution is -2.42. The number of rotatable bonds is 5. The Labute approximate surface area is 164 Å². The molecule has 1 fully saturated rings. The van der Waals surface area contributed by atoms with Crippen molar-refractivity contribution in [1.82, 2.24) is 24.9 Å². The second-order valence-corrected chi connectivity index (χ2v) is 7.04. The molecule has 4 rings (SSSR count). The smallest absolute Gasteiger partial charge is 0.233 e. The lowest BCUT2D eigenvalue weighted by atomic mass is 10.0. The fraction of sp³-hybridized carbons (Fsp3) is 0.333. The lowest BCUT2D eigenvalue weighted by Gasteiger charge is -2.32. The van der Waals surface area contributed by atoms with Crippen LogP contribution in [0, 0.1) is 6.92 Å². The molecule has 0 spiro atoms. The van der Waals surface area contributed by atoms with Crippen LogP contribution >= 0.6 is 0 Å². The zero-order valence-corrected chi connectivity index (χ0v) is 15.9. The number of ether oxygens (including phenoxy) is 1. The van der Waals surface area contributed by atoms with Crippen LogP contribution in [-0.2, 0) is 11.2 Å². The topological polar surface area (TPSA) is 73.1 Å². The number of amides is 1. The van der Waals surface area contributed by atoms with Gasteiger partial charge in [-0.05, 0) is 24.6 Å². The van der Waals surface area contributed by atoms with Gasteiger partial charge in [-0.15, -0.1) is 10.2 Å². The molecule has 7 heteroatoms. The minimum absolute atomic E-state index is 0.0490. The fourth-order valence-electron chi connectivity index (χ4n) is 3.40. The van der Waals surface area contributed by atoms with Crippen LogP contribution in [0.5, 0.6) is 5.88 Å². The third kappa shape index (κ3) is 4.36. The molecule has 1 aliphatic heterocycles. The highest BCUT2D eigenvalue weighted by Crippen LogP contribution is 2.18.